The molecule has 0 bridgehead atoms. The molecule has 0 aliphatic heterocycles. The summed E-state index contributed by atoms with van der Waals surface area (Å²) < 4.78 is 13.3. The van der Waals surface area contributed by atoms with Crippen LogP contribution in [-0.4, -0.2) is 34.6 Å². The Hall–Kier alpha value is -2.83. The number of carbonyl (C=O) groups is 2. The summed E-state index contributed by atoms with van der Waals surface area (Å²) in [4.78, 5) is 29.0. The Morgan fingerprint density at radius 3 is 2.24 bits per heavy atom. The number of hydrogen-bond donors (Lipinski definition) is 1. The van der Waals surface area contributed by atoms with Gasteiger partial charge in [0.15, 0.2) is 0 Å². The predicted molar refractivity (Wildman–Crippen MR) is 149 cm³/mol. The molecule has 37 heavy (non-hydrogen) atoms. The molecule has 0 aromatic heterocycles. The van der Waals surface area contributed by atoms with Crippen molar-refractivity contribution < 1.29 is 14.0 Å². The molecule has 0 saturated heterocycles. The number of carbonyl (C=O) groups excluding carboxylic acids is 2. The highest BCUT2D eigenvalue weighted by Crippen LogP contribution is 2.22. The zero-order valence-corrected chi connectivity index (χ0v) is 22.3. The van der Waals surface area contributed by atoms with Gasteiger partial charge in [-0.3, -0.25) is 9.59 Å². The normalized spacial score (nSPS) is 14.3. The van der Waals surface area contributed by atoms with Crippen molar-refractivity contribution in [1.82, 2.24) is 10.2 Å². The van der Waals surface area contributed by atoms with Crippen molar-refractivity contribution in [2.75, 3.05) is 5.75 Å². The molecule has 194 valence electrons. The molecule has 1 saturated carbocycles. The van der Waals surface area contributed by atoms with Crippen LogP contribution in [0.4, 0.5) is 4.39 Å². The lowest BCUT2D eigenvalue weighted by Gasteiger charge is -2.32. The van der Waals surface area contributed by atoms with Crippen molar-refractivity contribution in [1.29, 1.82) is 0 Å². The molecule has 1 fully saturated rings. The summed E-state index contributed by atoms with van der Waals surface area (Å²) in [5.41, 5.74) is 2.86. The Kier molecular flexibility index (Phi) is 10.0. The summed E-state index contributed by atoms with van der Waals surface area (Å²) in [6, 6.07) is 23.0. The number of nitrogens with one attached hydrogen (secondary N) is 1. The quantitative estimate of drug-likeness (QED) is 0.307. The van der Waals surface area contributed by atoms with Crippen molar-refractivity contribution >= 4 is 35.2 Å². The van der Waals surface area contributed by atoms with Gasteiger partial charge in [0, 0.05) is 29.8 Å². The van der Waals surface area contributed by atoms with Crippen LogP contribution in [-0.2, 0) is 28.3 Å². The van der Waals surface area contributed by atoms with Gasteiger partial charge in [0.25, 0.3) is 0 Å². The second kappa shape index (κ2) is 13.6. The van der Waals surface area contributed by atoms with E-state index in [1.807, 2.05) is 42.5 Å². The fourth-order valence-corrected chi connectivity index (χ4v) is 5.62. The minimum atomic E-state index is -0.641. The number of halogens is 2. The highest BCUT2D eigenvalue weighted by molar-refractivity contribution is 7.99. The average molecular weight is 539 g/mol. The van der Waals surface area contributed by atoms with E-state index in [1.165, 1.54) is 23.9 Å². The molecule has 0 unspecified atom stereocenters. The van der Waals surface area contributed by atoms with E-state index in [-0.39, 0.29) is 29.4 Å². The Balaban J connectivity index is 1.55. The van der Waals surface area contributed by atoms with E-state index >= 15 is 0 Å². The summed E-state index contributed by atoms with van der Waals surface area (Å²) >= 11 is 7.55. The maximum Gasteiger partial charge on any atom is 0.243 e. The van der Waals surface area contributed by atoms with Gasteiger partial charge in [0.2, 0.25) is 11.8 Å². The number of thioether (sulfide) groups is 1. The molecule has 0 radical (unpaired) electrons. The van der Waals surface area contributed by atoms with Gasteiger partial charge in [0.1, 0.15) is 11.9 Å². The van der Waals surface area contributed by atoms with Gasteiger partial charge in [-0.2, -0.15) is 0 Å². The van der Waals surface area contributed by atoms with Gasteiger partial charge in [-0.1, -0.05) is 79.0 Å². The van der Waals surface area contributed by atoms with Crippen molar-refractivity contribution in [3.8, 4) is 0 Å². The van der Waals surface area contributed by atoms with E-state index in [9.17, 15) is 14.0 Å². The van der Waals surface area contributed by atoms with E-state index in [0.717, 1.165) is 42.4 Å². The van der Waals surface area contributed by atoms with E-state index in [0.29, 0.717) is 23.7 Å². The topological polar surface area (TPSA) is 49.4 Å². The van der Waals surface area contributed by atoms with Gasteiger partial charge in [-0.05, 0) is 53.8 Å². The van der Waals surface area contributed by atoms with Gasteiger partial charge in [-0.15, -0.1) is 11.8 Å². The lowest BCUT2D eigenvalue weighted by atomic mass is 10.0. The second-order valence-electron chi connectivity index (χ2n) is 9.46. The summed E-state index contributed by atoms with van der Waals surface area (Å²) in [7, 11) is 0. The van der Waals surface area contributed by atoms with Crippen molar-refractivity contribution in [2.24, 2.45) is 0 Å². The molecule has 1 aliphatic rings. The molecular formula is C30H32ClFN2O2S. The monoisotopic (exact) mass is 538 g/mol. The fraction of sp³-hybridized carbons (Fsp3) is 0.333. The molecule has 1 aliphatic carbocycles. The van der Waals surface area contributed by atoms with Crippen LogP contribution in [0.3, 0.4) is 0 Å². The van der Waals surface area contributed by atoms with E-state index in [4.69, 9.17) is 11.6 Å². The third kappa shape index (κ3) is 8.34. The first-order valence-electron chi connectivity index (χ1n) is 12.7. The summed E-state index contributed by atoms with van der Waals surface area (Å²) in [6.07, 6.45) is 4.61. The Labute approximate surface area is 227 Å². The smallest absolute Gasteiger partial charge is 0.243 e. The first-order valence-corrected chi connectivity index (χ1v) is 14.2. The molecule has 1 atom stereocenters. The number of hydrogen-bond acceptors (Lipinski definition) is 3. The Morgan fingerprint density at radius 2 is 1.57 bits per heavy atom. The predicted octanol–water partition coefficient (Wildman–Crippen LogP) is 6.41. The maximum absolute atomic E-state index is 13.7. The van der Waals surface area contributed by atoms with Crippen LogP contribution in [0, 0.1) is 5.82 Å². The SMILES string of the molecule is O=C(NC1CCCC1)[C@@H](Cc1ccccc1)N(Cc1ccc(Cl)cc1)C(=O)CSCc1ccc(F)cc1. The van der Waals surface area contributed by atoms with Crippen LogP contribution < -0.4 is 5.32 Å². The van der Waals surface area contributed by atoms with Gasteiger partial charge < -0.3 is 10.2 Å². The Morgan fingerprint density at radius 1 is 0.919 bits per heavy atom. The van der Waals surface area contributed by atoms with Crippen LogP contribution in [0.25, 0.3) is 0 Å². The van der Waals surface area contributed by atoms with Gasteiger partial charge in [0.05, 0.1) is 5.75 Å². The molecule has 7 heteroatoms. The minimum Gasteiger partial charge on any atom is -0.352 e. The lowest BCUT2D eigenvalue weighted by molar-refractivity contribution is -0.139. The van der Waals surface area contributed by atoms with Crippen molar-refractivity contribution in [3.63, 3.8) is 0 Å². The minimum absolute atomic E-state index is 0.107. The highest BCUT2D eigenvalue weighted by Gasteiger charge is 2.32. The van der Waals surface area contributed by atoms with E-state index in [1.54, 1.807) is 29.2 Å². The lowest BCUT2D eigenvalue weighted by Crippen LogP contribution is -2.52. The molecule has 0 spiro atoms. The summed E-state index contributed by atoms with van der Waals surface area (Å²) in [6.45, 7) is 0.308. The fourth-order valence-electron chi connectivity index (χ4n) is 4.63. The van der Waals surface area contributed by atoms with Crippen LogP contribution in [0.5, 0.6) is 0 Å². The van der Waals surface area contributed by atoms with E-state index < -0.39 is 6.04 Å². The molecule has 3 aromatic rings. The van der Waals surface area contributed by atoms with Crippen molar-refractivity contribution in [3.05, 3.63) is 106 Å². The number of rotatable bonds is 11. The largest absolute Gasteiger partial charge is 0.352 e. The molecular weight excluding hydrogens is 507 g/mol. The zero-order valence-electron chi connectivity index (χ0n) is 20.7. The molecule has 4 rings (SSSR count). The van der Waals surface area contributed by atoms with Crippen molar-refractivity contribution in [2.45, 2.75) is 56.5 Å². The van der Waals surface area contributed by atoms with Gasteiger partial charge in [-0.25, -0.2) is 4.39 Å². The molecule has 4 nitrogen and oxygen atoms in total. The highest BCUT2D eigenvalue weighted by atomic mass is 35.5. The third-order valence-electron chi connectivity index (χ3n) is 6.65. The van der Waals surface area contributed by atoms with Crippen LogP contribution >= 0.6 is 23.4 Å². The van der Waals surface area contributed by atoms with Crippen LogP contribution in [0.15, 0.2) is 78.9 Å². The standard InChI is InChI=1S/C30H32ClFN2O2S/c31-25-14-10-23(11-15-25)19-34(29(35)21-37-20-24-12-16-26(32)17-13-24)28(18-22-6-2-1-3-7-22)30(36)33-27-8-4-5-9-27/h1-3,6-7,10-17,27-28H,4-5,8-9,18-21H2,(H,33,36)/t28-/m1/s1. The third-order valence-corrected chi connectivity index (χ3v) is 7.89. The summed E-state index contributed by atoms with van der Waals surface area (Å²) in [5.74, 6) is 0.299. The number of nitrogens with zero attached hydrogens (tertiary/aromatic N) is 1. The summed E-state index contributed by atoms with van der Waals surface area (Å²) in [5, 5.41) is 3.84. The maximum atomic E-state index is 13.7. The number of amides is 2. The molecule has 1 N–H and O–H groups in total. The Bertz CT molecular complexity index is 1150. The molecule has 0 heterocycles. The first-order chi connectivity index (χ1) is 18.0. The molecule has 2 amide bonds. The van der Waals surface area contributed by atoms with E-state index in [2.05, 4.69) is 5.32 Å². The van der Waals surface area contributed by atoms with Crippen LogP contribution in [0.1, 0.15) is 42.4 Å². The zero-order chi connectivity index (χ0) is 26.0. The first kappa shape index (κ1) is 27.2. The second-order valence-corrected chi connectivity index (χ2v) is 10.9. The van der Waals surface area contributed by atoms with Crippen LogP contribution in [0.2, 0.25) is 5.02 Å². The number of benzene rings is 3. The average Bonchev–Trinajstić information content (AvgIpc) is 3.42. The van der Waals surface area contributed by atoms with Gasteiger partial charge >= 0.3 is 0 Å². The molecule has 3 aromatic carbocycles.